The molecule has 0 bridgehead atoms. The van der Waals surface area contributed by atoms with Gasteiger partial charge in [-0.15, -0.1) is 6.42 Å². The van der Waals surface area contributed by atoms with Gasteiger partial charge >= 0.3 is 0 Å². The maximum atomic E-state index is 4.73. The Morgan fingerprint density at radius 2 is 1.67 bits per heavy atom. The van der Waals surface area contributed by atoms with Crippen LogP contribution >= 0.6 is 15.9 Å². The lowest BCUT2D eigenvalue weighted by atomic mass is 10.9. The van der Waals surface area contributed by atoms with Crippen LogP contribution < -0.4 is 0 Å². The third kappa shape index (κ3) is 34.5. The first-order valence-corrected chi connectivity index (χ1v) is 2.03. The molecule has 0 aromatic heterocycles. The highest BCUT2D eigenvalue weighted by Crippen LogP contribution is 1.68. The van der Waals surface area contributed by atoms with Gasteiger partial charge in [0.1, 0.15) is 0 Å². The largest absolute Gasteiger partial charge is 0.119 e. The summed E-state index contributed by atoms with van der Waals surface area (Å²) in [7, 11) is 0. The van der Waals surface area contributed by atoms with Gasteiger partial charge in [-0.05, 0) is 0 Å². The van der Waals surface area contributed by atoms with Crippen LogP contribution in [-0.2, 0) is 0 Å². The summed E-state index contributed by atoms with van der Waals surface area (Å²) in [5, 5.41) is 0.660. The van der Waals surface area contributed by atoms with Crippen LogP contribution in [-0.4, -0.2) is 5.33 Å². The van der Waals surface area contributed by atoms with Gasteiger partial charge in [0.15, 0.2) is 0 Å². The molecule has 0 radical (unpaired) electrons. The van der Waals surface area contributed by atoms with Gasteiger partial charge in [-0.3, -0.25) is 0 Å². The van der Waals surface area contributed by atoms with E-state index < -0.39 is 0 Å². The van der Waals surface area contributed by atoms with E-state index in [-0.39, 0.29) is 14.9 Å². The van der Waals surface area contributed by atoms with Gasteiger partial charge < -0.3 is 0 Å². The first-order valence-electron chi connectivity index (χ1n) is 0.909. The van der Waals surface area contributed by atoms with E-state index in [0.29, 0.717) is 5.33 Å². The molecule has 0 aromatic rings. The molecule has 1 heteroatoms. The monoisotopic (exact) mass is 150 g/mol. The van der Waals surface area contributed by atoms with Crippen molar-refractivity contribution in [1.29, 1.82) is 0 Å². The van der Waals surface area contributed by atoms with E-state index in [1.807, 2.05) is 0 Å². The number of rotatable bonds is 0. The van der Waals surface area contributed by atoms with Crippen molar-refractivity contribution in [3.05, 3.63) is 0 Å². The first kappa shape index (κ1) is 16.6. The predicted molar refractivity (Wildman–Crippen MR) is 36.1 cm³/mol. The highest BCUT2D eigenvalue weighted by molar-refractivity contribution is 9.09. The van der Waals surface area contributed by atoms with Crippen molar-refractivity contribution in [3.63, 3.8) is 0 Å². The van der Waals surface area contributed by atoms with E-state index in [4.69, 9.17) is 6.42 Å². The van der Waals surface area contributed by atoms with Gasteiger partial charge in [0.25, 0.3) is 0 Å². The maximum Gasteiger partial charge on any atom is 0.0642 e. The fourth-order valence-electron chi connectivity index (χ4n) is 0. The third-order valence-electron chi connectivity index (χ3n) is 0.0772. The number of hydrogen-bond donors (Lipinski definition) is 0. The van der Waals surface area contributed by atoms with Gasteiger partial charge in [0, 0.05) is 0 Å². The van der Waals surface area contributed by atoms with Crippen LogP contribution in [0.5, 0.6) is 0 Å². The van der Waals surface area contributed by atoms with Gasteiger partial charge in [0.05, 0.1) is 5.33 Å². The molecule has 0 aliphatic heterocycles. The van der Waals surface area contributed by atoms with Crippen LogP contribution in [0.3, 0.4) is 0 Å². The molecule has 0 nitrogen and oxygen atoms in total. The van der Waals surface area contributed by atoms with Gasteiger partial charge in [-0.25, -0.2) is 0 Å². The van der Waals surface area contributed by atoms with Crippen molar-refractivity contribution < 1.29 is 0 Å². The first-order chi connectivity index (χ1) is 1.91. The summed E-state index contributed by atoms with van der Waals surface area (Å²) in [6.45, 7) is 0. The Morgan fingerprint density at radius 1 is 1.50 bits per heavy atom. The Morgan fingerprint density at radius 3 is 1.67 bits per heavy atom. The molecule has 38 valence electrons. The van der Waals surface area contributed by atoms with Crippen molar-refractivity contribution in [2.45, 2.75) is 14.9 Å². The molecule has 0 spiro atoms. The van der Waals surface area contributed by atoms with Gasteiger partial charge in [-0.1, -0.05) is 36.7 Å². The Labute approximate surface area is 49.1 Å². The van der Waals surface area contributed by atoms with Gasteiger partial charge in [0.2, 0.25) is 0 Å². The second-order valence-corrected chi connectivity index (χ2v) is 0.898. The minimum atomic E-state index is 0. The normalized spacial score (nSPS) is 3.33. The number of terminal acetylenes is 1. The quantitative estimate of drug-likeness (QED) is 0.368. The molecular weight excluding hydrogens is 140 g/mol. The van der Waals surface area contributed by atoms with Crippen LogP contribution in [0.4, 0.5) is 0 Å². The molecule has 0 aliphatic rings. The minimum absolute atomic E-state index is 0. The molecule has 0 atom stereocenters. The summed E-state index contributed by atoms with van der Waals surface area (Å²) in [4.78, 5) is 0. The van der Waals surface area contributed by atoms with E-state index >= 15 is 0 Å². The standard InChI is InChI=1S/C3H3Br.2CH4/c1-2-3-4;;/h1H,3H2;2*1H4. The fraction of sp³-hybridized carbons (Fsp3) is 0.600. The lowest BCUT2D eigenvalue weighted by Gasteiger charge is -1.50. The molecular formula is C5H11Br. The molecule has 0 fully saturated rings. The number of hydrogen-bond acceptors (Lipinski definition) is 0. The highest BCUT2D eigenvalue weighted by Gasteiger charge is 1.46. The number of halogens is 1. The van der Waals surface area contributed by atoms with E-state index in [1.54, 1.807) is 0 Å². The molecule has 0 aromatic carbocycles. The van der Waals surface area contributed by atoms with E-state index in [0.717, 1.165) is 0 Å². The second kappa shape index (κ2) is 19.8. The summed E-state index contributed by atoms with van der Waals surface area (Å²) in [5.74, 6) is 2.35. The summed E-state index contributed by atoms with van der Waals surface area (Å²) < 4.78 is 0. The summed E-state index contributed by atoms with van der Waals surface area (Å²) >= 11 is 3.01. The maximum absolute atomic E-state index is 4.73. The van der Waals surface area contributed by atoms with Crippen molar-refractivity contribution >= 4 is 15.9 Å². The molecule has 0 saturated carbocycles. The average molecular weight is 151 g/mol. The molecule has 0 saturated heterocycles. The summed E-state index contributed by atoms with van der Waals surface area (Å²) in [5.41, 5.74) is 0. The predicted octanol–water partition coefficient (Wildman–Crippen LogP) is 2.29. The van der Waals surface area contributed by atoms with Crippen molar-refractivity contribution in [3.8, 4) is 12.3 Å². The van der Waals surface area contributed by atoms with E-state index in [9.17, 15) is 0 Å². The lowest BCUT2D eigenvalue weighted by molar-refractivity contribution is 2.02. The molecule has 6 heavy (non-hydrogen) atoms. The lowest BCUT2D eigenvalue weighted by Crippen LogP contribution is -1.45. The zero-order chi connectivity index (χ0) is 3.41. The Bertz CT molecular complexity index is 33.7. The highest BCUT2D eigenvalue weighted by atomic mass is 79.9. The Kier molecular flexibility index (Phi) is 54.7. The van der Waals surface area contributed by atoms with Crippen molar-refractivity contribution in [1.82, 2.24) is 0 Å². The van der Waals surface area contributed by atoms with Crippen molar-refractivity contribution in [2.75, 3.05) is 5.33 Å². The van der Waals surface area contributed by atoms with E-state index in [2.05, 4.69) is 21.9 Å². The van der Waals surface area contributed by atoms with Crippen LogP contribution in [0, 0.1) is 12.3 Å². The van der Waals surface area contributed by atoms with Crippen LogP contribution in [0.25, 0.3) is 0 Å². The fourth-order valence-corrected chi connectivity index (χ4v) is 0. The molecule has 0 rings (SSSR count). The summed E-state index contributed by atoms with van der Waals surface area (Å²) in [6, 6.07) is 0. The van der Waals surface area contributed by atoms with Crippen LogP contribution in [0.2, 0.25) is 0 Å². The Hall–Kier alpha value is 0.0400. The third-order valence-corrected chi connectivity index (χ3v) is 0.401. The number of alkyl halides is 1. The second-order valence-electron chi connectivity index (χ2n) is 0.338. The average Bonchev–Trinajstić information content (AvgIpc) is 1.37. The zero-order valence-electron chi connectivity index (χ0n) is 2.16. The zero-order valence-corrected chi connectivity index (χ0v) is 3.75. The van der Waals surface area contributed by atoms with E-state index in [1.165, 1.54) is 0 Å². The molecule has 0 amide bonds. The minimum Gasteiger partial charge on any atom is -0.119 e. The molecule has 0 unspecified atom stereocenters. The topological polar surface area (TPSA) is 0 Å². The van der Waals surface area contributed by atoms with Crippen molar-refractivity contribution in [2.24, 2.45) is 0 Å². The smallest absolute Gasteiger partial charge is 0.0642 e. The molecule has 0 heterocycles. The SMILES string of the molecule is C.C.C#CCBr. The van der Waals surface area contributed by atoms with Crippen LogP contribution in [0.15, 0.2) is 0 Å². The Balaban J connectivity index is -0.0000000450. The molecule has 0 N–H and O–H groups in total. The van der Waals surface area contributed by atoms with Gasteiger partial charge in [-0.2, -0.15) is 0 Å². The summed E-state index contributed by atoms with van der Waals surface area (Å²) in [6.07, 6.45) is 4.73. The van der Waals surface area contributed by atoms with Crippen LogP contribution in [0.1, 0.15) is 14.9 Å². The molecule has 0 aliphatic carbocycles.